The van der Waals surface area contributed by atoms with E-state index in [9.17, 15) is 0 Å². The maximum atomic E-state index is 7.80. The maximum absolute atomic E-state index is 7.80. The van der Waals surface area contributed by atoms with Crippen molar-refractivity contribution in [3.63, 3.8) is 0 Å². The molecule has 0 spiro atoms. The van der Waals surface area contributed by atoms with Crippen molar-refractivity contribution in [1.82, 2.24) is 0 Å². The largest absolute Gasteiger partial charge is 0.396 e. The highest BCUT2D eigenvalue weighted by Gasteiger charge is 1.95. The van der Waals surface area contributed by atoms with E-state index in [0.717, 1.165) is 0 Å². The molecule has 0 atom stereocenters. The Morgan fingerprint density at radius 3 is 0.812 bits per heavy atom. The van der Waals surface area contributed by atoms with E-state index in [4.69, 9.17) is 5.11 Å². The molecular formula is C14H30OS. The summed E-state index contributed by atoms with van der Waals surface area (Å²) in [5.41, 5.74) is 0. The second-order valence-electron chi connectivity index (χ2n) is 1.86. The summed E-state index contributed by atoms with van der Waals surface area (Å²) in [6.07, 6.45) is 6.00. The zero-order valence-corrected chi connectivity index (χ0v) is 11.7. The van der Waals surface area contributed by atoms with Crippen LogP contribution in [0.5, 0.6) is 0 Å². The van der Waals surface area contributed by atoms with Crippen molar-refractivity contribution in [1.29, 1.82) is 0 Å². The van der Waals surface area contributed by atoms with Gasteiger partial charge in [0.2, 0.25) is 0 Å². The topological polar surface area (TPSA) is 20.2 Å². The van der Waals surface area contributed by atoms with E-state index in [2.05, 4.69) is 65.3 Å². The van der Waals surface area contributed by atoms with Gasteiger partial charge in [-0.15, -0.1) is 52.6 Å². The first-order valence-electron chi connectivity index (χ1n) is 5.13. The molecule has 0 aliphatic heterocycles. The van der Waals surface area contributed by atoms with E-state index >= 15 is 0 Å². The zero-order chi connectivity index (χ0) is 14.2. The number of hydrogen-bond acceptors (Lipinski definition) is 2. The van der Waals surface area contributed by atoms with E-state index in [0.29, 0.717) is 5.75 Å². The molecule has 1 rings (SSSR count). The first-order valence-corrected chi connectivity index (χ1v) is 5.76. The minimum absolute atomic E-state index is 0.184. The first-order chi connectivity index (χ1) is 7.91. The molecule has 1 aliphatic rings. The molecule has 0 radical (unpaired) electrons. The minimum Gasteiger partial charge on any atom is -0.396 e. The molecule has 0 unspecified atom stereocenters. The number of aliphatic hydroxyl groups excluding tert-OH is 1. The molecule has 0 heterocycles. The Hall–Kier alpha value is -0.730. The van der Waals surface area contributed by atoms with Crippen molar-refractivity contribution in [2.24, 2.45) is 0 Å². The van der Waals surface area contributed by atoms with E-state index in [1.165, 1.54) is 25.7 Å². The molecule has 2 heteroatoms. The van der Waals surface area contributed by atoms with Gasteiger partial charge in [0, 0.05) is 5.75 Å². The van der Waals surface area contributed by atoms with Gasteiger partial charge >= 0.3 is 0 Å². The molecule has 0 bridgehead atoms. The SMILES string of the molecule is C1CCC1.C=C.C=C.C=C.C=C.OCCS. The average Bonchev–Trinajstić information content (AvgIpc) is 2.36. The van der Waals surface area contributed by atoms with Crippen LogP contribution in [0.25, 0.3) is 0 Å². The highest BCUT2D eigenvalue weighted by molar-refractivity contribution is 7.80. The maximum Gasteiger partial charge on any atom is 0.0519 e. The number of hydrogen-bond donors (Lipinski definition) is 2. The smallest absolute Gasteiger partial charge is 0.0519 e. The normalized spacial score (nSPS) is 8.88. The average molecular weight is 246 g/mol. The quantitative estimate of drug-likeness (QED) is 0.508. The van der Waals surface area contributed by atoms with Crippen molar-refractivity contribution < 1.29 is 5.11 Å². The number of thiol groups is 1. The molecule has 98 valence electrons. The van der Waals surface area contributed by atoms with Crippen LogP contribution in [-0.4, -0.2) is 17.5 Å². The fourth-order valence-corrected chi connectivity index (χ4v) is 0.250. The standard InChI is InChI=1S/C4H8.C2H6OS.4C2H4/c1-2-4-3-1;3-1-2-4;4*1-2/h1-4H2;3-4H,1-2H2;4*1-2H2. The van der Waals surface area contributed by atoms with Crippen molar-refractivity contribution >= 4 is 12.6 Å². The van der Waals surface area contributed by atoms with Gasteiger partial charge in [-0.1, -0.05) is 25.7 Å². The first kappa shape index (κ1) is 29.5. The van der Waals surface area contributed by atoms with Crippen molar-refractivity contribution in [2.45, 2.75) is 25.7 Å². The second-order valence-corrected chi connectivity index (χ2v) is 2.31. The van der Waals surface area contributed by atoms with Gasteiger partial charge in [0.25, 0.3) is 0 Å². The summed E-state index contributed by atoms with van der Waals surface area (Å²) < 4.78 is 0. The highest BCUT2D eigenvalue weighted by Crippen LogP contribution is 2.15. The third kappa shape index (κ3) is 110. The highest BCUT2D eigenvalue weighted by atomic mass is 32.1. The molecule has 0 amide bonds. The number of rotatable bonds is 1. The van der Waals surface area contributed by atoms with Crippen LogP contribution in [-0.2, 0) is 0 Å². The van der Waals surface area contributed by atoms with Gasteiger partial charge in [-0.3, -0.25) is 0 Å². The Kier molecular flexibility index (Phi) is 167. The van der Waals surface area contributed by atoms with Crippen molar-refractivity contribution in [3.05, 3.63) is 52.6 Å². The Balaban J connectivity index is -0.0000000319. The fourth-order valence-electron chi connectivity index (χ4n) is 0.250. The summed E-state index contributed by atoms with van der Waals surface area (Å²) in [6.45, 7) is 24.2. The van der Waals surface area contributed by atoms with E-state index < -0.39 is 0 Å². The molecule has 0 aromatic heterocycles. The van der Waals surface area contributed by atoms with Crippen LogP contribution in [0.15, 0.2) is 52.6 Å². The lowest BCUT2D eigenvalue weighted by Crippen LogP contribution is -1.85. The lowest BCUT2D eigenvalue weighted by atomic mass is 10.0. The van der Waals surface area contributed by atoms with E-state index in [-0.39, 0.29) is 6.61 Å². The lowest BCUT2D eigenvalue weighted by Gasteiger charge is -2.05. The molecule has 16 heavy (non-hydrogen) atoms. The van der Waals surface area contributed by atoms with Gasteiger partial charge in [-0.25, -0.2) is 0 Å². The summed E-state index contributed by atoms with van der Waals surface area (Å²) in [6, 6.07) is 0. The molecule has 0 saturated heterocycles. The monoisotopic (exact) mass is 246 g/mol. The molecular weight excluding hydrogens is 216 g/mol. The molecule has 1 fully saturated rings. The molecule has 1 aliphatic carbocycles. The predicted octanol–water partition coefficient (Wildman–Crippen LogP) is 4.68. The summed E-state index contributed by atoms with van der Waals surface area (Å²) in [5.74, 6) is 0.569. The van der Waals surface area contributed by atoms with E-state index in [1.54, 1.807) is 0 Å². The Morgan fingerprint density at radius 2 is 0.812 bits per heavy atom. The van der Waals surface area contributed by atoms with Crippen molar-refractivity contribution in [3.8, 4) is 0 Å². The Bertz CT molecular complexity index is 59.1. The van der Waals surface area contributed by atoms with Crippen molar-refractivity contribution in [2.75, 3.05) is 12.4 Å². The zero-order valence-electron chi connectivity index (χ0n) is 10.8. The predicted molar refractivity (Wildman–Crippen MR) is 84.4 cm³/mol. The molecule has 1 saturated carbocycles. The van der Waals surface area contributed by atoms with Crippen LogP contribution in [0.3, 0.4) is 0 Å². The van der Waals surface area contributed by atoms with Crippen LogP contribution in [0.1, 0.15) is 25.7 Å². The van der Waals surface area contributed by atoms with Crippen LogP contribution >= 0.6 is 12.6 Å². The molecule has 0 aromatic carbocycles. The summed E-state index contributed by atoms with van der Waals surface area (Å²) in [7, 11) is 0. The third-order valence-corrected chi connectivity index (χ3v) is 1.30. The molecule has 1 nitrogen and oxygen atoms in total. The van der Waals surface area contributed by atoms with Gasteiger partial charge in [-0.2, -0.15) is 12.6 Å². The molecule has 0 aromatic rings. The van der Waals surface area contributed by atoms with Crippen LogP contribution < -0.4 is 0 Å². The fraction of sp³-hybridized carbons (Fsp3) is 0.429. The van der Waals surface area contributed by atoms with Gasteiger partial charge in [0.1, 0.15) is 0 Å². The third-order valence-electron chi connectivity index (χ3n) is 1.10. The minimum atomic E-state index is 0.184. The van der Waals surface area contributed by atoms with Crippen LogP contribution in [0.4, 0.5) is 0 Å². The van der Waals surface area contributed by atoms with Gasteiger partial charge < -0.3 is 5.11 Å². The van der Waals surface area contributed by atoms with Crippen LogP contribution in [0.2, 0.25) is 0 Å². The Labute approximate surface area is 109 Å². The summed E-state index contributed by atoms with van der Waals surface area (Å²) in [5, 5.41) is 7.80. The Morgan fingerprint density at radius 1 is 0.688 bits per heavy atom. The number of aliphatic hydroxyl groups is 1. The van der Waals surface area contributed by atoms with Gasteiger partial charge in [-0.05, 0) is 0 Å². The lowest BCUT2D eigenvalue weighted by molar-refractivity contribution is 0.323. The van der Waals surface area contributed by atoms with Gasteiger partial charge in [0.15, 0.2) is 0 Å². The molecule has 1 N–H and O–H groups in total. The second kappa shape index (κ2) is 90.5. The van der Waals surface area contributed by atoms with E-state index in [1.807, 2.05) is 0 Å². The summed E-state index contributed by atoms with van der Waals surface area (Å²) >= 11 is 3.67. The van der Waals surface area contributed by atoms with Crippen LogP contribution in [0, 0.1) is 0 Å². The summed E-state index contributed by atoms with van der Waals surface area (Å²) in [4.78, 5) is 0. The van der Waals surface area contributed by atoms with Gasteiger partial charge in [0.05, 0.1) is 6.61 Å².